The molecule has 6 heteroatoms. The molecule has 0 bridgehead atoms. The van der Waals surface area contributed by atoms with Crippen LogP contribution in [0.15, 0.2) is 59.5 Å². The predicted octanol–water partition coefficient (Wildman–Crippen LogP) is 3.68. The summed E-state index contributed by atoms with van der Waals surface area (Å²) in [6.45, 7) is 4.30. The fourth-order valence-electron chi connectivity index (χ4n) is 3.25. The highest BCUT2D eigenvalue weighted by Gasteiger charge is 2.15. The van der Waals surface area contributed by atoms with Crippen LogP contribution in [0, 0.1) is 5.92 Å². The number of phenols is 1. The number of nitrogens with zero attached hydrogens (tertiary/aromatic N) is 3. The summed E-state index contributed by atoms with van der Waals surface area (Å²) in [4.78, 5) is 24.5. The number of hydrogen-bond donors (Lipinski definition) is 2. The number of H-pyrrole nitrogens is 1. The summed E-state index contributed by atoms with van der Waals surface area (Å²) in [5.74, 6) is 1.06. The Morgan fingerprint density at radius 1 is 1.15 bits per heavy atom. The van der Waals surface area contributed by atoms with E-state index in [9.17, 15) is 9.90 Å². The zero-order valence-electron chi connectivity index (χ0n) is 15.2. The van der Waals surface area contributed by atoms with Crippen molar-refractivity contribution in [3.05, 3.63) is 70.8 Å². The van der Waals surface area contributed by atoms with E-state index in [1.54, 1.807) is 29.0 Å². The summed E-state index contributed by atoms with van der Waals surface area (Å²) < 4.78 is 1.60. The van der Waals surface area contributed by atoms with Crippen LogP contribution >= 0.6 is 0 Å². The molecular formula is C21H20N4O2. The highest BCUT2D eigenvalue weighted by molar-refractivity contribution is 5.75. The Morgan fingerprint density at radius 2 is 1.96 bits per heavy atom. The van der Waals surface area contributed by atoms with Gasteiger partial charge in [-0.25, -0.2) is 19.3 Å². The SMILES string of the molecule is CC(C)Cc1ccccc1-n1c(=O)[nH]c2cnc(-c3cccc(O)c3)nc21. The van der Waals surface area contributed by atoms with Gasteiger partial charge in [0.1, 0.15) is 11.3 Å². The van der Waals surface area contributed by atoms with Gasteiger partial charge in [0.2, 0.25) is 0 Å². The predicted molar refractivity (Wildman–Crippen MR) is 105 cm³/mol. The molecule has 0 aliphatic carbocycles. The molecule has 0 unspecified atom stereocenters. The van der Waals surface area contributed by atoms with Crippen LogP contribution in [0.1, 0.15) is 19.4 Å². The van der Waals surface area contributed by atoms with Gasteiger partial charge in [-0.2, -0.15) is 0 Å². The first-order chi connectivity index (χ1) is 13.0. The van der Waals surface area contributed by atoms with E-state index in [4.69, 9.17) is 0 Å². The molecule has 0 spiro atoms. The Kier molecular flexibility index (Phi) is 4.24. The number of nitrogens with one attached hydrogen (secondary N) is 1. The molecule has 2 aromatic heterocycles. The Bertz CT molecular complexity index is 1170. The summed E-state index contributed by atoms with van der Waals surface area (Å²) in [6, 6.07) is 14.6. The summed E-state index contributed by atoms with van der Waals surface area (Å²) in [6.07, 6.45) is 2.46. The molecule has 0 aliphatic rings. The average molecular weight is 360 g/mol. The molecule has 0 saturated heterocycles. The fraction of sp³-hybridized carbons (Fsp3) is 0.190. The number of aromatic nitrogens is 4. The highest BCUT2D eigenvalue weighted by atomic mass is 16.3. The molecule has 2 heterocycles. The van der Waals surface area contributed by atoms with Crippen LogP contribution in [-0.4, -0.2) is 24.6 Å². The molecule has 4 aromatic rings. The smallest absolute Gasteiger partial charge is 0.332 e. The van der Waals surface area contributed by atoms with E-state index >= 15 is 0 Å². The monoisotopic (exact) mass is 360 g/mol. The number of benzene rings is 2. The molecule has 0 fully saturated rings. The quantitative estimate of drug-likeness (QED) is 0.581. The number of phenolic OH excluding ortho intramolecular Hbond substituents is 1. The lowest BCUT2D eigenvalue weighted by molar-refractivity contribution is 0.475. The van der Waals surface area contributed by atoms with Crippen molar-refractivity contribution in [3.8, 4) is 22.8 Å². The van der Waals surface area contributed by atoms with Crippen LogP contribution in [0.5, 0.6) is 5.75 Å². The molecule has 0 saturated carbocycles. The van der Waals surface area contributed by atoms with Gasteiger partial charge in [0.25, 0.3) is 0 Å². The third kappa shape index (κ3) is 3.21. The first-order valence-corrected chi connectivity index (χ1v) is 8.88. The lowest BCUT2D eigenvalue weighted by atomic mass is 10.0. The number of para-hydroxylation sites is 1. The third-order valence-electron chi connectivity index (χ3n) is 4.39. The minimum atomic E-state index is -0.247. The van der Waals surface area contributed by atoms with Gasteiger partial charge >= 0.3 is 5.69 Å². The summed E-state index contributed by atoms with van der Waals surface area (Å²) in [5.41, 5.74) is 3.44. The standard InChI is InChI=1S/C21H20N4O2/c1-13(2)10-14-6-3-4-9-18(14)25-20-17(23-21(25)27)12-22-19(24-20)15-7-5-8-16(26)11-15/h3-9,11-13,26H,10H2,1-2H3,(H,23,27). The van der Waals surface area contributed by atoms with E-state index in [0.29, 0.717) is 28.5 Å². The van der Waals surface area contributed by atoms with Gasteiger partial charge in [0, 0.05) is 5.56 Å². The fourth-order valence-corrected chi connectivity index (χ4v) is 3.25. The van der Waals surface area contributed by atoms with Gasteiger partial charge in [0.15, 0.2) is 11.5 Å². The highest BCUT2D eigenvalue weighted by Crippen LogP contribution is 2.24. The van der Waals surface area contributed by atoms with E-state index in [-0.39, 0.29) is 11.4 Å². The number of hydrogen-bond acceptors (Lipinski definition) is 4. The van der Waals surface area contributed by atoms with Crippen molar-refractivity contribution in [3.63, 3.8) is 0 Å². The molecule has 136 valence electrons. The van der Waals surface area contributed by atoms with Crippen molar-refractivity contribution in [1.82, 2.24) is 19.5 Å². The van der Waals surface area contributed by atoms with Gasteiger partial charge in [-0.05, 0) is 36.1 Å². The number of rotatable bonds is 4. The van der Waals surface area contributed by atoms with E-state index in [1.807, 2.05) is 30.3 Å². The van der Waals surface area contributed by atoms with Crippen molar-refractivity contribution in [2.75, 3.05) is 0 Å². The second-order valence-corrected chi connectivity index (χ2v) is 6.97. The normalized spacial score (nSPS) is 11.4. The Balaban J connectivity index is 1.93. The molecule has 2 aromatic carbocycles. The zero-order valence-corrected chi connectivity index (χ0v) is 15.2. The van der Waals surface area contributed by atoms with Crippen LogP contribution in [0.25, 0.3) is 28.2 Å². The van der Waals surface area contributed by atoms with Crippen LogP contribution in [0.2, 0.25) is 0 Å². The second kappa shape index (κ2) is 6.72. The molecule has 0 atom stereocenters. The third-order valence-corrected chi connectivity index (χ3v) is 4.39. The van der Waals surface area contributed by atoms with E-state index in [0.717, 1.165) is 17.7 Å². The molecule has 6 nitrogen and oxygen atoms in total. The van der Waals surface area contributed by atoms with Gasteiger partial charge in [-0.1, -0.05) is 44.2 Å². The number of imidazole rings is 1. The molecule has 4 rings (SSSR count). The second-order valence-electron chi connectivity index (χ2n) is 6.97. The maximum absolute atomic E-state index is 12.7. The average Bonchev–Trinajstić information content (AvgIpc) is 2.96. The van der Waals surface area contributed by atoms with Crippen LogP contribution in [0.4, 0.5) is 0 Å². The number of fused-ring (bicyclic) bond motifs is 1. The van der Waals surface area contributed by atoms with E-state index in [1.165, 1.54) is 0 Å². The van der Waals surface area contributed by atoms with Crippen molar-refractivity contribution >= 4 is 11.2 Å². The van der Waals surface area contributed by atoms with Crippen molar-refractivity contribution < 1.29 is 5.11 Å². The molecule has 27 heavy (non-hydrogen) atoms. The summed E-state index contributed by atoms with van der Waals surface area (Å²) in [7, 11) is 0. The maximum atomic E-state index is 12.7. The first kappa shape index (κ1) is 17.0. The number of aromatic amines is 1. The van der Waals surface area contributed by atoms with Gasteiger partial charge in [-0.15, -0.1) is 0 Å². The van der Waals surface area contributed by atoms with Crippen LogP contribution < -0.4 is 5.69 Å². The molecule has 0 aliphatic heterocycles. The summed E-state index contributed by atoms with van der Waals surface area (Å²) >= 11 is 0. The number of aromatic hydroxyl groups is 1. The molecular weight excluding hydrogens is 340 g/mol. The van der Waals surface area contributed by atoms with Crippen molar-refractivity contribution in [1.29, 1.82) is 0 Å². The van der Waals surface area contributed by atoms with Gasteiger partial charge in [0.05, 0.1) is 11.9 Å². The zero-order chi connectivity index (χ0) is 19.0. The molecule has 2 N–H and O–H groups in total. The van der Waals surface area contributed by atoms with Crippen LogP contribution in [-0.2, 0) is 6.42 Å². The van der Waals surface area contributed by atoms with Crippen LogP contribution in [0.3, 0.4) is 0 Å². The Hall–Kier alpha value is -3.41. The largest absolute Gasteiger partial charge is 0.508 e. The Labute approximate surface area is 156 Å². The van der Waals surface area contributed by atoms with Gasteiger partial charge < -0.3 is 10.1 Å². The van der Waals surface area contributed by atoms with E-state index in [2.05, 4.69) is 28.8 Å². The van der Waals surface area contributed by atoms with Gasteiger partial charge in [-0.3, -0.25) is 0 Å². The minimum absolute atomic E-state index is 0.143. The van der Waals surface area contributed by atoms with E-state index < -0.39 is 0 Å². The maximum Gasteiger partial charge on any atom is 0.332 e. The Morgan fingerprint density at radius 3 is 2.74 bits per heavy atom. The molecule has 0 radical (unpaired) electrons. The van der Waals surface area contributed by atoms with Crippen molar-refractivity contribution in [2.24, 2.45) is 5.92 Å². The topological polar surface area (TPSA) is 83.8 Å². The lowest BCUT2D eigenvalue weighted by Gasteiger charge is -2.12. The summed E-state index contributed by atoms with van der Waals surface area (Å²) in [5, 5.41) is 9.73. The molecule has 0 amide bonds. The van der Waals surface area contributed by atoms with Crippen molar-refractivity contribution in [2.45, 2.75) is 20.3 Å². The first-order valence-electron chi connectivity index (χ1n) is 8.88. The lowest BCUT2D eigenvalue weighted by Crippen LogP contribution is -2.17. The minimum Gasteiger partial charge on any atom is -0.508 e.